The first-order valence-electron chi connectivity index (χ1n) is 7.43. The average molecular weight is 439 g/mol. The predicted molar refractivity (Wildman–Crippen MR) is 96.0 cm³/mol. The minimum atomic E-state index is -4.90. The number of hydrogen-bond donors (Lipinski definition) is 3. The van der Waals surface area contributed by atoms with E-state index < -0.39 is 49.9 Å². The summed E-state index contributed by atoms with van der Waals surface area (Å²) < 4.78 is 86.8. The van der Waals surface area contributed by atoms with Crippen LogP contribution >= 0.6 is 0 Å². The fraction of sp³-hybridized carbons (Fsp3) is 0.286. The van der Waals surface area contributed by atoms with Gasteiger partial charge in [-0.05, 0) is 38.1 Å². The summed E-state index contributed by atoms with van der Waals surface area (Å²) in [4.78, 5) is -2.43. The lowest BCUT2D eigenvalue weighted by atomic mass is 10.3. The minimum Gasteiger partial charge on any atom is -0.467 e. The maximum Gasteiger partial charge on any atom is 0.296 e. The third-order valence-corrected chi connectivity index (χ3v) is 7.76. The Morgan fingerprint density at radius 1 is 1.07 bits per heavy atom. The number of nitrogens with one attached hydrogen (secondary N) is 1. The number of primary sulfonamides is 1. The van der Waals surface area contributed by atoms with Gasteiger partial charge in [-0.2, -0.15) is 8.42 Å². The molecule has 1 heterocycles. The number of nitrogens with two attached hydrogens (primary N) is 1. The van der Waals surface area contributed by atoms with E-state index in [9.17, 15) is 29.8 Å². The number of furan rings is 1. The van der Waals surface area contributed by atoms with Crippen molar-refractivity contribution in [2.45, 2.75) is 40.3 Å². The fourth-order valence-corrected chi connectivity index (χ4v) is 5.39. The Morgan fingerprint density at radius 2 is 1.70 bits per heavy atom. The summed E-state index contributed by atoms with van der Waals surface area (Å²) in [7, 11) is -13.7. The highest BCUT2D eigenvalue weighted by Gasteiger charge is 2.31. The van der Waals surface area contributed by atoms with Crippen molar-refractivity contribution >= 4 is 35.7 Å². The summed E-state index contributed by atoms with van der Waals surface area (Å²) in [5, 5.41) is 6.68. The van der Waals surface area contributed by atoms with Gasteiger partial charge in [0.05, 0.1) is 28.6 Å². The molecule has 0 unspecified atom stereocenters. The van der Waals surface area contributed by atoms with Crippen LogP contribution in [0.2, 0.25) is 0 Å². The SMILES string of the molecule is CC(C)S(=O)(=O)c1cc(NCc2ccco2)c(S(=O)(=O)O)cc1S(N)(=O)=O. The maximum atomic E-state index is 12.6. The Bertz CT molecular complexity index is 1150. The van der Waals surface area contributed by atoms with Crippen LogP contribution in [0.4, 0.5) is 5.69 Å². The van der Waals surface area contributed by atoms with Crippen LogP contribution in [0.1, 0.15) is 19.6 Å². The standard InChI is InChI=1S/C14H18N2O8S3/c1-9(2)25(17,18)13-6-11(16-8-10-4-3-5-24-10)12(27(21,22)23)7-14(13)26(15,19)20/h3-7,9,16H,8H2,1-2H3,(H2,15,19,20)(H,21,22,23). The lowest BCUT2D eigenvalue weighted by Crippen LogP contribution is -2.22. The molecule has 0 amide bonds. The average Bonchev–Trinajstić information content (AvgIpc) is 3.03. The predicted octanol–water partition coefficient (Wildman–Crippen LogP) is 0.968. The minimum absolute atomic E-state index is 0.0502. The van der Waals surface area contributed by atoms with Gasteiger partial charge in [-0.1, -0.05) is 0 Å². The van der Waals surface area contributed by atoms with Crippen LogP contribution in [0.25, 0.3) is 0 Å². The van der Waals surface area contributed by atoms with Crippen LogP contribution in [0.3, 0.4) is 0 Å². The number of hydrogen-bond acceptors (Lipinski definition) is 8. The molecule has 1 aromatic carbocycles. The van der Waals surface area contributed by atoms with E-state index in [0.29, 0.717) is 11.8 Å². The monoisotopic (exact) mass is 438 g/mol. The molecule has 0 fully saturated rings. The molecule has 0 radical (unpaired) electrons. The Labute approximate surface area is 157 Å². The Hall–Kier alpha value is -1.93. The number of sulfonamides is 1. The van der Waals surface area contributed by atoms with Crippen molar-refractivity contribution in [3.8, 4) is 0 Å². The van der Waals surface area contributed by atoms with Crippen molar-refractivity contribution < 1.29 is 34.2 Å². The summed E-state index contributed by atoms with van der Waals surface area (Å²) in [5.41, 5.74) is -0.319. The van der Waals surface area contributed by atoms with Crippen LogP contribution in [-0.2, 0) is 36.5 Å². The van der Waals surface area contributed by atoms with Crippen molar-refractivity contribution in [1.29, 1.82) is 0 Å². The highest BCUT2D eigenvalue weighted by molar-refractivity contribution is 7.94. The van der Waals surface area contributed by atoms with Gasteiger partial charge in [0.15, 0.2) is 9.84 Å². The molecule has 0 spiro atoms. The quantitative estimate of drug-likeness (QED) is 0.532. The molecule has 1 aromatic heterocycles. The lowest BCUT2D eigenvalue weighted by Gasteiger charge is -2.16. The molecule has 0 aliphatic carbocycles. The summed E-state index contributed by atoms with van der Waals surface area (Å²) in [6.45, 7) is 2.61. The summed E-state index contributed by atoms with van der Waals surface area (Å²) in [6, 6.07) is 4.50. The van der Waals surface area contributed by atoms with Gasteiger partial charge in [0.1, 0.15) is 15.6 Å². The van der Waals surface area contributed by atoms with Crippen molar-refractivity contribution in [1.82, 2.24) is 0 Å². The topological polar surface area (TPSA) is 174 Å². The second-order valence-corrected chi connectivity index (χ2v) is 11.2. The molecule has 4 N–H and O–H groups in total. The van der Waals surface area contributed by atoms with Gasteiger partial charge in [-0.25, -0.2) is 22.0 Å². The molecule has 2 aromatic rings. The van der Waals surface area contributed by atoms with E-state index >= 15 is 0 Å². The highest BCUT2D eigenvalue weighted by atomic mass is 32.2. The molecule has 0 saturated heterocycles. The normalized spacial score (nSPS) is 13.1. The van der Waals surface area contributed by atoms with Gasteiger partial charge in [0, 0.05) is 0 Å². The zero-order valence-electron chi connectivity index (χ0n) is 14.3. The molecule has 0 aliphatic heterocycles. The molecule has 2 rings (SSSR count). The summed E-state index contributed by atoms with van der Waals surface area (Å²) in [5.74, 6) is 0.389. The van der Waals surface area contributed by atoms with Crippen molar-refractivity contribution in [3.05, 3.63) is 36.3 Å². The molecule has 0 saturated carbocycles. The van der Waals surface area contributed by atoms with E-state index in [0.717, 1.165) is 6.07 Å². The fourth-order valence-electron chi connectivity index (χ4n) is 2.19. The smallest absolute Gasteiger partial charge is 0.296 e. The van der Waals surface area contributed by atoms with Crippen LogP contribution in [0.5, 0.6) is 0 Å². The van der Waals surface area contributed by atoms with Gasteiger partial charge in [-0.3, -0.25) is 4.55 Å². The van der Waals surface area contributed by atoms with E-state index in [1.54, 1.807) is 12.1 Å². The van der Waals surface area contributed by atoms with Gasteiger partial charge in [-0.15, -0.1) is 0 Å². The third kappa shape index (κ3) is 4.68. The number of benzene rings is 1. The molecule has 10 nitrogen and oxygen atoms in total. The van der Waals surface area contributed by atoms with E-state index in [-0.39, 0.29) is 12.2 Å². The molecule has 0 aliphatic rings. The first-order chi connectivity index (χ1) is 12.2. The molecule has 0 atom stereocenters. The Balaban J connectivity index is 2.78. The molecule has 13 heteroatoms. The van der Waals surface area contributed by atoms with Gasteiger partial charge in [0.2, 0.25) is 10.0 Å². The van der Waals surface area contributed by atoms with Crippen molar-refractivity contribution in [2.75, 3.05) is 5.32 Å². The third-order valence-electron chi connectivity index (χ3n) is 3.59. The number of sulfone groups is 1. The molecular weight excluding hydrogens is 420 g/mol. The van der Waals surface area contributed by atoms with E-state index in [2.05, 4.69) is 5.32 Å². The second-order valence-electron chi connectivity index (χ2n) is 5.84. The van der Waals surface area contributed by atoms with Crippen molar-refractivity contribution in [2.24, 2.45) is 5.14 Å². The molecule has 27 heavy (non-hydrogen) atoms. The zero-order valence-corrected chi connectivity index (χ0v) is 16.7. The summed E-state index contributed by atoms with van der Waals surface area (Å²) >= 11 is 0. The Morgan fingerprint density at radius 3 is 2.15 bits per heavy atom. The van der Waals surface area contributed by atoms with Crippen LogP contribution in [0.15, 0.2) is 49.6 Å². The van der Waals surface area contributed by atoms with Gasteiger partial charge < -0.3 is 9.73 Å². The summed E-state index contributed by atoms with van der Waals surface area (Å²) in [6.07, 6.45) is 1.37. The largest absolute Gasteiger partial charge is 0.467 e. The van der Waals surface area contributed by atoms with Crippen LogP contribution in [0, 0.1) is 0 Å². The Kier molecular flexibility index (Phi) is 5.73. The van der Waals surface area contributed by atoms with E-state index in [1.807, 2.05) is 0 Å². The number of anilines is 1. The van der Waals surface area contributed by atoms with E-state index in [1.165, 1.54) is 20.1 Å². The maximum absolute atomic E-state index is 12.6. The number of rotatable bonds is 7. The first-order valence-corrected chi connectivity index (χ1v) is 12.0. The van der Waals surface area contributed by atoms with Crippen LogP contribution in [-0.4, -0.2) is 35.1 Å². The second kappa shape index (κ2) is 7.24. The zero-order chi connectivity index (χ0) is 20.6. The lowest BCUT2D eigenvalue weighted by molar-refractivity contribution is 0.482. The molecule has 150 valence electrons. The van der Waals surface area contributed by atoms with E-state index in [4.69, 9.17) is 9.56 Å². The highest BCUT2D eigenvalue weighted by Crippen LogP contribution is 2.33. The van der Waals surface area contributed by atoms with Crippen molar-refractivity contribution in [3.63, 3.8) is 0 Å². The first kappa shape index (κ1) is 21.4. The molecular formula is C14H18N2O8S3. The molecule has 0 bridgehead atoms. The van der Waals surface area contributed by atoms with Gasteiger partial charge in [0.25, 0.3) is 10.1 Å². The van der Waals surface area contributed by atoms with Gasteiger partial charge >= 0.3 is 0 Å². The van der Waals surface area contributed by atoms with Crippen LogP contribution < -0.4 is 10.5 Å².